The van der Waals surface area contributed by atoms with Crippen LogP contribution in [0, 0.1) is 5.82 Å². The molecule has 0 atom stereocenters. The van der Waals surface area contributed by atoms with Crippen LogP contribution in [0.3, 0.4) is 0 Å². The van der Waals surface area contributed by atoms with Gasteiger partial charge in [0, 0.05) is 18.5 Å². The largest absolute Gasteiger partial charge is 0.396 e. The Labute approximate surface area is 157 Å². The van der Waals surface area contributed by atoms with Gasteiger partial charge in [0.25, 0.3) is 0 Å². The molecule has 1 N–H and O–H groups in total. The molecule has 0 bridgehead atoms. The number of aliphatic hydroxyl groups is 1. The Balaban J connectivity index is 1.90. The summed E-state index contributed by atoms with van der Waals surface area (Å²) in [4.78, 5) is 5.63. The monoisotopic (exact) mass is 370 g/mol. The lowest BCUT2D eigenvalue weighted by Crippen LogP contribution is -2.16. The first-order valence-corrected chi connectivity index (χ1v) is 9.81. The third-order valence-electron chi connectivity index (χ3n) is 4.21. The van der Waals surface area contributed by atoms with Gasteiger partial charge in [0.15, 0.2) is 4.80 Å². The molecule has 5 heteroatoms. The molecule has 1 heterocycles. The van der Waals surface area contributed by atoms with Gasteiger partial charge in [0.2, 0.25) is 0 Å². The molecule has 3 nitrogen and oxygen atoms in total. The van der Waals surface area contributed by atoms with Crippen molar-refractivity contribution in [2.75, 3.05) is 6.61 Å². The van der Waals surface area contributed by atoms with E-state index in [0.717, 1.165) is 48.4 Å². The van der Waals surface area contributed by atoms with Gasteiger partial charge in [-0.1, -0.05) is 43.2 Å². The number of hydrogen-bond donors (Lipinski definition) is 1. The number of aromatic nitrogens is 1. The fourth-order valence-corrected chi connectivity index (χ4v) is 3.79. The normalized spacial score (nSPS) is 11.8. The van der Waals surface area contributed by atoms with Crippen LogP contribution in [0.5, 0.6) is 0 Å². The summed E-state index contributed by atoms with van der Waals surface area (Å²) in [6.07, 6.45) is 4.00. The number of hydrogen-bond acceptors (Lipinski definition) is 3. The molecule has 0 aliphatic rings. The summed E-state index contributed by atoms with van der Waals surface area (Å²) in [5.74, 6) is -0.253. The fraction of sp³-hybridized carbons (Fsp3) is 0.286. The molecular formula is C21H23FN2OS. The lowest BCUT2D eigenvalue weighted by Gasteiger charge is -2.09. The van der Waals surface area contributed by atoms with Gasteiger partial charge in [0.05, 0.1) is 11.4 Å². The number of rotatable bonds is 8. The van der Waals surface area contributed by atoms with E-state index in [1.807, 2.05) is 18.2 Å². The molecule has 0 aliphatic heterocycles. The van der Waals surface area contributed by atoms with E-state index in [0.29, 0.717) is 0 Å². The van der Waals surface area contributed by atoms with Crippen LogP contribution < -0.4 is 4.80 Å². The predicted octanol–water partition coefficient (Wildman–Crippen LogP) is 5.14. The molecule has 0 radical (unpaired) electrons. The highest BCUT2D eigenvalue weighted by Gasteiger charge is 2.08. The SMILES string of the molecule is OCCCCCCn1c(-c2ccccc2)csc1=Nc1ccc(F)cc1. The van der Waals surface area contributed by atoms with Gasteiger partial charge >= 0.3 is 0 Å². The van der Waals surface area contributed by atoms with Gasteiger partial charge in [-0.25, -0.2) is 9.38 Å². The van der Waals surface area contributed by atoms with Crippen molar-refractivity contribution in [3.05, 3.63) is 70.6 Å². The van der Waals surface area contributed by atoms with Crippen molar-refractivity contribution in [2.24, 2.45) is 4.99 Å². The summed E-state index contributed by atoms with van der Waals surface area (Å²) in [5, 5.41) is 11.1. The smallest absolute Gasteiger partial charge is 0.190 e. The number of halogens is 1. The fourth-order valence-electron chi connectivity index (χ4n) is 2.84. The molecule has 0 aliphatic carbocycles. The van der Waals surface area contributed by atoms with Crippen LogP contribution in [0.4, 0.5) is 10.1 Å². The highest BCUT2D eigenvalue weighted by Crippen LogP contribution is 2.21. The van der Waals surface area contributed by atoms with E-state index < -0.39 is 0 Å². The molecule has 3 aromatic rings. The number of benzene rings is 2. The van der Waals surface area contributed by atoms with Crippen molar-refractivity contribution in [1.82, 2.24) is 4.57 Å². The molecule has 26 heavy (non-hydrogen) atoms. The third kappa shape index (κ3) is 4.90. The van der Waals surface area contributed by atoms with Crippen LogP contribution in [0.2, 0.25) is 0 Å². The Bertz CT molecular complexity index is 869. The van der Waals surface area contributed by atoms with Crippen molar-refractivity contribution in [3.63, 3.8) is 0 Å². The lowest BCUT2D eigenvalue weighted by atomic mass is 10.1. The minimum absolute atomic E-state index is 0.253. The predicted molar refractivity (Wildman–Crippen MR) is 105 cm³/mol. The molecule has 136 valence electrons. The maximum absolute atomic E-state index is 13.1. The average Bonchev–Trinajstić information content (AvgIpc) is 3.07. The molecule has 3 rings (SSSR count). The Morgan fingerprint density at radius 3 is 2.38 bits per heavy atom. The van der Waals surface area contributed by atoms with Crippen LogP contribution in [-0.2, 0) is 6.54 Å². The first-order valence-electron chi connectivity index (χ1n) is 8.93. The molecule has 0 fully saturated rings. The highest BCUT2D eigenvalue weighted by atomic mass is 32.1. The zero-order valence-corrected chi connectivity index (χ0v) is 15.5. The summed E-state index contributed by atoms with van der Waals surface area (Å²) >= 11 is 1.60. The van der Waals surface area contributed by atoms with Crippen LogP contribution in [0.25, 0.3) is 11.3 Å². The maximum atomic E-state index is 13.1. The van der Waals surface area contributed by atoms with Crippen LogP contribution in [0.15, 0.2) is 65.0 Å². The molecule has 0 saturated heterocycles. The van der Waals surface area contributed by atoms with Crippen molar-refractivity contribution < 1.29 is 9.50 Å². The second-order valence-corrected chi connectivity index (χ2v) is 6.98. The van der Waals surface area contributed by atoms with E-state index in [9.17, 15) is 4.39 Å². The van der Waals surface area contributed by atoms with E-state index in [1.165, 1.54) is 17.7 Å². The molecule has 2 aromatic carbocycles. The second-order valence-electron chi connectivity index (χ2n) is 6.15. The van der Waals surface area contributed by atoms with E-state index >= 15 is 0 Å². The van der Waals surface area contributed by atoms with Gasteiger partial charge in [-0.05, 0) is 42.7 Å². The average molecular weight is 370 g/mol. The number of thiazole rings is 1. The van der Waals surface area contributed by atoms with Crippen LogP contribution >= 0.6 is 11.3 Å². The van der Waals surface area contributed by atoms with Gasteiger partial charge in [-0.3, -0.25) is 0 Å². The molecule has 0 saturated carbocycles. The Hall–Kier alpha value is -2.24. The van der Waals surface area contributed by atoms with E-state index in [1.54, 1.807) is 23.5 Å². The summed E-state index contributed by atoms with van der Waals surface area (Å²) in [6.45, 7) is 1.13. The van der Waals surface area contributed by atoms with Crippen molar-refractivity contribution in [2.45, 2.75) is 32.2 Å². The number of nitrogens with zero attached hydrogens (tertiary/aromatic N) is 2. The van der Waals surface area contributed by atoms with Crippen molar-refractivity contribution in [3.8, 4) is 11.3 Å². The zero-order chi connectivity index (χ0) is 18.2. The zero-order valence-electron chi connectivity index (χ0n) is 14.6. The highest BCUT2D eigenvalue weighted by molar-refractivity contribution is 7.07. The molecular weight excluding hydrogens is 347 g/mol. The van der Waals surface area contributed by atoms with Crippen molar-refractivity contribution in [1.29, 1.82) is 0 Å². The van der Waals surface area contributed by atoms with Gasteiger partial charge in [0.1, 0.15) is 5.82 Å². The topological polar surface area (TPSA) is 37.5 Å². The summed E-state index contributed by atoms with van der Waals surface area (Å²) in [5.41, 5.74) is 3.07. The Morgan fingerprint density at radius 2 is 1.65 bits per heavy atom. The molecule has 0 unspecified atom stereocenters. The van der Waals surface area contributed by atoms with E-state index in [4.69, 9.17) is 10.1 Å². The van der Waals surface area contributed by atoms with Crippen LogP contribution in [-0.4, -0.2) is 16.3 Å². The molecule has 0 spiro atoms. The van der Waals surface area contributed by atoms with E-state index in [-0.39, 0.29) is 12.4 Å². The van der Waals surface area contributed by atoms with Gasteiger partial charge < -0.3 is 9.67 Å². The van der Waals surface area contributed by atoms with Gasteiger partial charge in [-0.2, -0.15) is 0 Å². The van der Waals surface area contributed by atoms with Crippen molar-refractivity contribution >= 4 is 17.0 Å². The second kappa shape index (κ2) is 9.46. The minimum atomic E-state index is -0.253. The number of unbranched alkanes of at least 4 members (excludes halogenated alkanes) is 3. The Morgan fingerprint density at radius 1 is 0.923 bits per heavy atom. The first kappa shape index (κ1) is 18.5. The standard InChI is InChI=1S/C21H23FN2OS/c22-18-10-12-19(13-11-18)23-21-24(14-6-1-2-7-15-25)20(16-26-21)17-8-4-3-5-9-17/h3-5,8-13,16,25H,1-2,6-7,14-15H2. The van der Waals surface area contributed by atoms with Crippen LogP contribution in [0.1, 0.15) is 25.7 Å². The summed E-state index contributed by atoms with van der Waals surface area (Å²) in [6, 6.07) is 16.6. The summed E-state index contributed by atoms with van der Waals surface area (Å²) < 4.78 is 15.4. The first-order chi connectivity index (χ1) is 12.8. The molecule has 1 aromatic heterocycles. The lowest BCUT2D eigenvalue weighted by molar-refractivity contribution is 0.282. The molecule has 0 amide bonds. The van der Waals surface area contributed by atoms with Gasteiger partial charge in [-0.15, -0.1) is 11.3 Å². The Kier molecular flexibility index (Phi) is 6.75. The number of aliphatic hydroxyl groups excluding tert-OH is 1. The maximum Gasteiger partial charge on any atom is 0.190 e. The summed E-state index contributed by atoms with van der Waals surface area (Å²) in [7, 11) is 0. The minimum Gasteiger partial charge on any atom is -0.396 e. The quantitative estimate of drug-likeness (QED) is 0.548. The third-order valence-corrected chi connectivity index (χ3v) is 5.07. The van der Waals surface area contributed by atoms with E-state index in [2.05, 4.69) is 22.1 Å².